The van der Waals surface area contributed by atoms with E-state index in [9.17, 15) is 0 Å². The highest BCUT2D eigenvalue weighted by Gasteiger charge is 2.17. The number of nitrogens with zero attached hydrogens (tertiary/aromatic N) is 2. The van der Waals surface area contributed by atoms with E-state index in [1.807, 2.05) is 26.8 Å². The molecule has 0 saturated carbocycles. The van der Waals surface area contributed by atoms with E-state index in [0.717, 1.165) is 5.56 Å². The number of pyridine rings is 1. The van der Waals surface area contributed by atoms with E-state index in [0.29, 0.717) is 17.9 Å². The van der Waals surface area contributed by atoms with Crippen molar-refractivity contribution in [3.63, 3.8) is 0 Å². The number of methoxy groups -OCH3 is 1. The Bertz CT molecular complexity index is 407. The van der Waals surface area contributed by atoms with Gasteiger partial charge in [-0.15, -0.1) is 0 Å². The summed E-state index contributed by atoms with van der Waals surface area (Å²) in [4.78, 5) is 4.16. The van der Waals surface area contributed by atoms with Crippen LogP contribution in [0.1, 0.15) is 25.0 Å². The van der Waals surface area contributed by atoms with Gasteiger partial charge < -0.3 is 10.1 Å². The van der Waals surface area contributed by atoms with Gasteiger partial charge in [0.05, 0.1) is 11.2 Å². The zero-order chi connectivity index (χ0) is 12.2. The Morgan fingerprint density at radius 3 is 2.81 bits per heavy atom. The van der Waals surface area contributed by atoms with Crippen LogP contribution in [0.4, 0.5) is 5.82 Å². The Kier molecular flexibility index (Phi) is 3.86. The van der Waals surface area contributed by atoms with Crippen molar-refractivity contribution in [2.24, 2.45) is 0 Å². The lowest BCUT2D eigenvalue weighted by molar-refractivity contribution is 0.0343. The van der Waals surface area contributed by atoms with Crippen LogP contribution >= 0.6 is 0 Å². The first-order chi connectivity index (χ1) is 7.50. The molecule has 0 aromatic carbocycles. The minimum Gasteiger partial charge on any atom is -0.377 e. The van der Waals surface area contributed by atoms with E-state index in [2.05, 4.69) is 16.4 Å². The topological polar surface area (TPSA) is 57.9 Å². The Hall–Kier alpha value is -1.60. The number of nitriles is 1. The maximum absolute atomic E-state index is 9.02. The molecule has 0 aliphatic rings. The predicted octanol–water partition coefficient (Wildman–Crippen LogP) is 2.10. The summed E-state index contributed by atoms with van der Waals surface area (Å²) in [5, 5.41) is 12.2. The van der Waals surface area contributed by atoms with Gasteiger partial charge in [-0.3, -0.25) is 0 Å². The minimum atomic E-state index is -0.280. The lowest BCUT2D eigenvalue weighted by Gasteiger charge is -2.23. The molecule has 0 saturated heterocycles. The van der Waals surface area contributed by atoms with Gasteiger partial charge in [-0.1, -0.05) is 0 Å². The Labute approximate surface area is 96.3 Å². The molecule has 0 unspecified atom stereocenters. The lowest BCUT2D eigenvalue weighted by Crippen LogP contribution is -2.32. The predicted molar refractivity (Wildman–Crippen MR) is 63.3 cm³/mol. The summed E-state index contributed by atoms with van der Waals surface area (Å²) in [6.45, 7) is 6.45. The van der Waals surface area contributed by atoms with E-state index < -0.39 is 0 Å². The molecular formula is C12H17N3O. The molecule has 1 heterocycles. The first-order valence-corrected chi connectivity index (χ1v) is 5.15. The van der Waals surface area contributed by atoms with Gasteiger partial charge in [-0.2, -0.15) is 5.26 Å². The number of rotatable bonds is 4. The highest BCUT2D eigenvalue weighted by Crippen LogP contribution is 2.16. The average molecular weight is 219 g/mol. The zero-order valence-electron chi connectivity index (χ0n) is 10.2. The normalized spacial score (nSPS) is 10.9. The molecule has 4 nitrogen and oxygen atoms in total. The molecule has 0 radical (unpaired) electrons. The van der Waals surface area contributed by atoms with Gasteiger partial charge in [0.2, 0.25) is 0 Å². The van der Waals surface area contributed by atoms with Crippen LogP contribution in [0.5, 0.6) is 0 Å². The summed E-state index contributed by atoms with van der Waals surface area (Å²) < 4.78 is 5.29. The van der Waals surface area contributed by atoms with Gasteiger partial charge in [-0.25, -0.2) is 4.98 Å². The second-order valence-electron chi connectivity index (χ2n) is 4.28. The van der Waals surface area contributed by atoms with E-state index in [-0.39, 0.29) is 5.60 Å². The first kappa shape index (κ1) is 12.5. The first-order valence-electron chi connectivity index (χ1n) is 5.15. The lowest BCUT2D eigenvalue weighted by atomic mass is 10.1. The molecule has 0 aliphatic heterocycles. The Morgan fingerprint density at radius 2 is 2.25 bits per heavy atom. The molecule has 86 valence electrons. The number of aryl methyl sites for hydroxylation is 1. The number of hydrogen-bond acceptors (Lipinski definition) is 4. The maximum atomic E-state index is 9.02. The van der Waals surface area contributed by atoms with Gasteiger partial charge in [0.15, 0.2) is 0 Å². The van der Waals surface area contributed by atoms with E-state index in [1.165, 1.54) is 0 Å². The van der Waals surface area contributed by atoms with Gasteiger partial charge >= 0.3 is 0 Å². The Morgan fingerprint density at radius 1 is 1.56 bits per heavy atom. The van der Waals surface area contributed by atoms with Gasteiger partial charge in [0, 0.05) is 19.9 Å². The van der Waals surface area contributed by atoms with Gasteiger partial charge in [0.1, 0.15) is 11.9 Å². The summed E-state index contributed by atoms with van der Waals surface area (Å²) in [7, 11) is 1.66. The molecule has 0 amide bonds. The monoisotopic (exact) mass is 219 g/mol. The fourth-order valence-electron chi connectivity index (χ4n) is 1.20. The fourth-order valence-corrected chi connectivity index (χ4v) is 1.20. The second-order valence-corrected chi connectivity index (χ2v) is 4.28. The van der Waals surface area contributed by atoms with Crippen molar-refractivity contribution in [2.75, 3.05) is 19.0 Å². The van der Waals surface area contributed by atoms with Crippen molar-refractivity contribution < 1.29 is 4.74 Å². The summed E-state index contributed by atoms with van der Waals surface area (Å²) in [6.07, 6.45) is 1.69. The van der Waals surface area contributed by atoms with Crippen molar-refractivity contribution in [1.82, 2.24) is 4.98 Å². The number of anilines is 1. The molecule has 1 aromatic heterocycles. The molecule has 0 aliphatic carbocycles. The second kappa shape index (κ2) is 4.95. The molecule has 0 fully saturated rings. The van der Waals surface area contributed by atoms with Crippen LogP contribution in [0.25, 0.3) is 0 Å². The van der Waals surface area contributed by atoms with Crippen molar-refractivity contribution in [3.05, 3.63) is 23.4 Å². The molecule has 1 rings (SSSR count). The molecule has 16 heavy (non-hydrogen) atoms. The van der Waals surface area contributed by atoms with E-state index in [1.54, 1.807) is 13.3 Å². The summed E-state index contributed by atoms with van der Waals surface area (Å²) in [5.74, 6) is 0.618. The van der Waals surface area contributed by atoms with Crippen LogP contribution in [0.2, 0.25) is 0 Å². The quantitative estimate of drug-likeness (QED) is 0.842. The number of hydrogen-bond donors (Lipinski definition) is 1. The standard InChI is InChI=1S/C12H17N3O/c1-9-5-6-14-11(10(9)7-13)15-8-12(2,3)16-4/h5-6H,8H2,1-4H3,(H,14,15). The average Bonchev–Trinajstić information content (AvgIpc) is 2.26. The van der Waals surface area contributed by atoms with Crippen molar-refractivity contribution in [1.29, 1.82) is 5.26 Å². The molecule has 0 bridgehead atoms. The van der Waals surface area contributed by atoms with Gasteiger partial charge in [0.25, 0.3) is 0 Å². The zero-order valence-corrected chi connectivity index (χ0v) is 10.2. The summed E-state index contributed by atoms with van der Waals surface area (Å²) in [5.41, 5.74) is 1.24. The van der Waals surface area contributed by atoms with Crippen LogP contribution in [0, 0.1) is 18.3 Å². The SMILES string of the molecule is COC(C)(C)CNc1nccc(C)c1C#N. The molecular weight excluding hydrogens is 202 g/mol. The molecule has 1 aromatic rings. The molecule has 0 spiro atoms. The van der Waals surface area contributed by atoms with Gasteiger partial charge in [-0.05, 0) is 32.4 Å². The highest BCUT2D eigenvalue weighted by molar-refractivity contribution is 5.55. The number of ether oxygens (including phenoxy) is 1. The maximum Gasteiger partial charge on any atom is 0.144 e. The smallest absolute Gasteiger partial charge is 0.144 e. The third-order valence-corrected chi connectivity index (χ3v) is 2.51. The van der Waals surface area contributed by atoms with Crippen LogP contribution in [0.3, 0.4) is 0 Å². The molecule has 4 heteroatoms. The fraction of sp³-hybridized carbons (Fsp3) is 0.500. The Balaban J connectivity index is 2.83. The van der Waals surface area contributed by atoms with E-state index in [4.69, 9.17) is 10.00 Å². The highest BCUT2D eigenvalue weighted by atomic mass is 16.5. The third kappa shape index (κ3) is 2.94. The van der Waals surface area contributed by atoms with Crippen LogP contribution < -0.4 is 5.32 Å². The summed E-state index contributed by atoms with van der Waals surface area (Å²) >= 11 is 0. The van der Waals surface area contributed by atoms with E-state index >= 15 is 0 Å². The van der Waals surface area contributed by atoms with Crippen molar-refractivity contribution in [2.45, 2.75) is 26.4 Å². The third-order valence-electron chi connectivity index (χ3n) is 2.51. The summed E-state index contributed by atoms with van der Waals surface area (Å²) in [6, 6.07) is 3.98. The van der Waals surface area contributed by atoms with Crippen LogP contribution in [0.15, 0.2) is 12.3 Å². The van der Waals surface area contributed by atoms with Crippen molar-refractivity contribution >= 4 is 5.82 Å². The van der Waals surface area contributed by atoms with Crippen LogP contribution in [-0.2, 0) is 4.74 Å². The number of aromatic nitrogens is 1. The molecule has 0 atom stereocenters. The largest absolute Gasteiger partial charge is 0.377 e. The molecule has 1 N–H and O–H groups in total. The van der Waals surface area contributed by atoms with Crippen LogP contribution in [-0.4, -0.2) is 24.2 Å². The van der Waals surface area contributed by atoms with Crippen molar-refractivity contribution in [3.8, 4) is 6.07 Å². The minimum absolute atomic E-state index is 0.280. The number of nitrogens with one attached hydrogen (secondary N) is 1.